The first-order chi connectivity index (χ1) is 8.36. The molecule has 0 amide bonds. The van der Waals surface area contributed by atoms with E-state index in [0.717, 1.165) is 25.5 Å². The van der Waals surface area contributed by atoms with Gasteiger partial charge in [0.15, 0.2) is 5.82 Å². The fourth-order valence-electron chi connectivity index (χ4n) is 2.82. The highest BCUT2D eigenvalue weighted by atomic mass is 35.5. The Morgan fingerprint density at radius 2 is 2.28 bits per heavy atom. The highest BCUT2D eigenvalue weighted by molar-refractivity contribution is 5.85. The lowest BCUT2D eigenvalue weighted by Gasteiger charge is -2.36. The zero-order valence-electron chi connectivity index (χ0n) is 10.2. The lowest BCUT2D eigenvalue weighted by atomic mass is 10.1. The highest BCUT2D eigenvalue weighted by Crippen LogP contribution is 2.30. The minimum atomic E-state index is 0. The molecule has 1 saturated carbocycles. The summed E-state index contributed by atoms with van der Waals surface area (Å²) < 4.78 is 10.8. The summed E-state index contributed by atoms with van der Waals surface area (Å²) in [7, 11) is 0. The van der Waals surface area contributed by atoms with Gasteiger partial charge in [0.05, 0.1) is 25.8 Å². The van der Waals surface area contributed by atoms with Crippen molar-refractivity contribution < 1.29 is 9.26 Å². The number of halogens is 1. The predicted octanol–water partition coefficient (Wildman–Crippen LogP) is 0.703. The van der Waals surface area contributed by atoms with Crippen molar-refractivity contribution in [2.24, 2.45) is 5.73 Å². The number of hydrogen-bond acceptors (Lipinski definition) is 6. The van der Waals surface area contributed by atoms with Crippen molar-refractivity contribution >= 4 is 12.4 Å². The first-order valence-corrected chi connectivity index (χ1v) is 6.24. The zero-order chi connectivity index (χ0) is 11.7. The molecule has 2 N–H and O–H groups in total. The van der Waals surface area contributed by atoms with Gasteiger partial charge in [-0.25, -0.2) is 0 Å². The minimum Gasteiger partial charge on any atom is -0.375 e. The number of ether oxygens (including phenoxy) is 1. The molecule has 102 valence electrons. The molecule has 0 bridgehead atoms. The lowest BCUT2D eigenvalue weighted by molar-refractivity contribution is -0.0597. The van der Waals surface area contributed by atoms with E-state index < -0.39 is 0 Å². The van der Waals surface area contributed by atoms with Crippen LogP contribution in [0.5, 0.6) is 0 Å². The maximum Gasteiger partial charge on any atom is 0.240 e. The van der Waals surface area contributed by atoms with Crippen LogP contribution < -0.4 is 5.73 Å². The second kappa shape index (κ2) is 5.97. The van der Waals surface area contributed by atoms with Gasteiger partial charge in [0, 0.05) is 12.6 Å². The summed E-state index contributed by atoms with van der Waals surface area (Å²) in [5, 5.41) is 3.95. The Morgan fingerprint density at radius 1 is 1.39 bits per heavy atom. The van der Waals surface area contributed by atoms with Crippen LogP contribution in [0, 0.1) is 0 Å². The molecule has 2 heterocycles. The predicted molar refractivity (Wildman–Crippen MR) is 67.2 cm³/mol. The van der Waals surface area contributed by atoms with E-state index in [1.807, 2.05) is 0 Å². The molecular weight excluding hydrogens is 256 g/mol. The van der Waals surface area contributed by atoms with Gasteiger partial charge in [0.2, 0.25) is 5.89 Å². The molecular formula is C11H19ClN4O2. The molecule has 18 heavy (non-hydrogen) atoms. The number of fused-ring (bicyclic) bond motifs is 1. The molecule has 0 spiro atoms. The Hall–Kier alpha value is -0.690. The van der Waals surface area contributed by atoms with Gasteiger partial charge in [0.25, 0.3) is 0 Å². The normalized spacial score (nSPS) is 27.8. The third-order valence-electron chi connectivity index (χ3n) is 3.63. The average Bonchev–Trinajstić information content (AvgIpc) is 2.97. The summed E-state index contributed by atoms with van der Waals surface area (Å²) in [5.41, 5.74) is 5.45. The molecule has 3 rings (SSSR count). The van der Waals surface area contributed by atoms with E-state index in [1.54, 1.807) is 0 Å². The van der Waals surface area contributed by atoms with E-state index in [1.165, 1.54) is 19.3 Å². The molecule has 6 nitrogen and oxygen atoms in total. The summed E-state index contributed by atoms with van der Waals surface area (Å²) in [4.78, 5) is 6.66. The van der Waals surface area contributed by atoms with Crippen LogP contribution in [0.2, 0.25) is 0 Å². The van der Waals surface area contributed by atoms with Gasteiger partial charge in [-0.15, -0.1) is 12.4 Å². The maximum atomic E-state index is 5.77. The van der Waals surface area contributed by atoms with Crippen molar-refractivity contribution in [2.45, 2.75) is 44.5 Å². The fraction of sp³-hybridized carbons (Fsp3) is 0.818. The number of rotatable bonds is 3. The van der Waals surface area contributed by atoms with Crippen molar-refractivity contribution in [2.75, 3.05) is 13.2 Å². The Kier molecular flexibility index (Phi) is 4.55. The molecule has 7 heteroatoms. The summed E-state index contributed by atoms with van der Waals surface area (Å²) in [6.45, 7) is 2.81. The summed E-state index contributed by atoms with van der Waals surface area (Å²) in [6.07, 6.45) is 4.06. The molecule has 2 unspecified atom stereocenters. The fourth-order valence-corrected chi connectivity index (χ4v) is 2.82. The monoisotopic (exact) mass is 274 g/mol. The first-order valence-electron chi connectivity index (χ1n) is 6.24. The average molecular weight is 275 g/mol. The van der Waals surface area contributed by atoms with Crippen molar-refractivity contribution in [3.05, 3.63) is 11.7 Å². The van der Waals surface area contributed by atoms with Gasteiger partial charge in [-0.1, -0.05) is 5.16 Å². The molecule has 2 aliphatic rings. The molecule has 1 aromatic heterocycles. The van der Waals surface area contributed by atoms with Crippen LogP contribution >= 0.6 is 12.4 Å². The number of nitrogens with zero attached hydrogens (tertiary/aromatic N) is 3. The van der Waals surface area contributed by atoms with Crippen molar-refractivity contribution in [3.63, 3.8) is 0 Å². The number of nitrogens with two attached hydrogens (primary N) is 1. The molecule has 0 radical (unpaired) electrons. The van der Waals surface area contributed by atoms with Crippen LogP contribution in [0.4, 0.5) is 0 Å². The second-order valence-corrected chi connectivity index (χ2v) is 4.69. The molecule has 2 atom stereocenters. The van der Waals surface area contributed by atoms with Crippen molar-refractivity contribution in [1.29, 1.82) is 0 Å². The van der Waals surface area contributed by atoms with Gasteiger partial charge in [0.1, 0.15) is 0 Å². The van der Waals surface area contributed by atoms with Crippen LogP contribution in [-0.4, -0.2) is 40.3 Å². The van der Waals surface area contributed by atoms with Crippen LogP contribution in [0.15, 0.2) is 4.52 Å². The summed E-state index contributed by atoms with van der Waals surface area (Å²) >= 11 is 0. The van der Waals surface area contributed by atoms with Crippen LogP contribution in [0.25, 0.3) is 0 Å². The van der Waals surface area contributed by atoms with Crippen LogP contribution in [0.1, 0.15) is 31.0 Å². The molecule has 0 aromatic carbocycles. The van der Waals surface area contributed by atoms with Gasteiger partial charge in [-0.2, -0.15) is 4.98 Å². The number of hydrogen-bond donors (Lipinski definition) is 1. The Labute approximate surface area is 112 Å². The van der Waals surface area contributed by atoms with E-state index in [0.29, 0.717) is 24.6 Å². The minimum absolute atomic E-state index is 0. The van der Waals surface area contributed by atoms with Crippen molar-refractivity contribution in [3.8, 4) is 0 Å². The smallest absolute Gasteiger partial charge is 0.240 e. The quantitative estimate of drug-likeness (QED) is 0.874. The highest BCUT2D eigenvalue weighted by Gasteiger charge is 2.36. The molecule has 1 aliphatic carbocycles. The Balaban J connectivity index is 0.00000120. The van der Waals surface area contributed by atoms with E-state index in [9.17, 15) is 0 Å². The Bertz CT molecular complexity index is 387. The van der Waals surface area contributed by atoms with Gasteiger partial charge in [-0.05, 0) is 19.3 Å². The first kappa shape index (κ1) is 13.7. The summed E-state index contributed by atoms with van der Waals surface area (Å²) in [5.74, 6) is 1.24. The maximum absolute atomic E-state index is 5.77. The van der Waals surface area contributed by atoms with Gasteiger partial charge < -0.3 is 15.0 Å². The van der Waals surface area contributed by atoms with E-state index in [-0.39, 0.29) is 12.4 Å². The van der Waals surface area contributed by atoms with Crippen LogP contribution in [0.3, 0.4) is 0 Å². The van der Waals surface area contributed by atoms with Gasteiger partial charge >= 0.3 is 0 Å². The van der Waals surface area contributed by atoms with E-state index in [2.05, 4.69) is 15.0 Å². The molecule has 1 aromatic rings. The molecule has 2 fully saturated rings. The summed E-state index contributed by atoms with van der Waals surface area (Å²) in [6, 6.07) is 0.531. The third-order valence-corrected chi connectivity index (χ3v) is 3.63. The second-order valence-electron chi connectivity index (χ2n) is 4.69. The molecule has 1 saturated heterocycles. The largest absolute Gasteiger partial charge is 0.375 e. The van der Waals surface area contributed by atoms with E-state index >= 15 is 0 Å². The SMILES string of the molecule is Cl.NCc1nc(CN2CCOC3CCCC32)no1. The Morgan fingerprint density at radius 3 is 3.06 bits per heavy atom. The lowest BCUT2D eigenvalue weighted by Crippen LogP contribution is -2.48. The number of aromatic nitrogens is 2. The third kappa shape index (κ3) is 2.66. The van der Waals surface area contributed by atoms with E-state index in [4.69, 9.17) is 15.0 Å². The zero-order valence-corrected chi connectivity index (χ0v) is 11.1. The topological polar surface area (TPSA) is 77.4 Å². The van der Waals surface area contributed by atoms with Crippen LogP contribution in [-0.2, 0) is 17.8 Å². The standard InChI is InChI=1S/C11H18N4O2.ClH/c12-6-11-13-10(14-17-11)7-15-4-5-16-9-3-1-2-8(9)15;/h8-9H,1-7,12H2;1H. The van der Waals surface area contributed by atoms with Crippen molar-refractivity contribution in [1.82, 2.24) is 15.0 Å². The number of morpholine rings is 1. The van der Waals surface area contributed by atoms with Gasteiger partial charge in [-0.3, -0.25) is 4.90 Å². The molecule has 1 aliphatic heterocycles.